The molecule has 1 atom stereocenters. The first-order valence-corrected chi connectivity index (χ1v) is 10.2. The van der Waals surface area contributed by atoms with Crippen molar-refractivity contribution in [2.45, 2.75) is 53.9 Å². The monoisotopic (exact) mass is 400 g/mol. The topological polar surface area (TPSA) is 59.1 Å². The lowest BCUT2D eigenvalue weighted by atomic mass is 10.0. The minimum absolute atomic E-state index is 0.0276. The molecular formula is C24H33FN2O2. The first-order chi connectivity index (χ1) is 13.7. The summed E-state index contributed by atoms with van der Waals surface area (Å²) in [7, 11) is 0. The summed E-state index contributed by atoms with van der Waals surface area (Å²) in [6.07, 6.45) is 6.10. The number of halogens is 1. The van der Waals surface area contributed by atoms with E-state index in [1.165, 1.54) is 39.2 Å². The molecule has 0 unspecified atom stereocenters. The summed E-state index contributed by atoms with van der Waals surface area (Å²) >= 11 is 0. The van der Waals surface area contributed by atoms with E-state index in [2.05, 4.69) is 24.1 Å². The van der Waals surface area contributed by atoms with E-state index in [0.717, 1.165) is 23.1 Å². The molecule has 1 fully saturated rings. The number of Topliss-reactive ketones (excluding diaryl/α,β-unsaturated/α-hetero) is 1. The van der Waals surface area contributed by atoms with E-state index in [0.29, 0.717) is 5.56 Å². The number of carbonyl (C=O) groups excluding carboxylic acids is 2. The van der Waals surface area contributed by atoms with E-state index >= 15 is 0 Å². The van der Waals surface area contributed by atoms with Gasteiger partial charge in [-0.15, -0.1) is 0 Å². The molecule has 1 aromatic carbocycles. The molecule has 158 valence electrons. The zero-order valence-corrected chi connectivity index (χ0v) is 18.2. The van der Waals surface area contributed by atoms with Crippen LogP contribution in [0.5, 0.6) is 0 Å². The van der Waals surface area contributed by atoms with E-state index in [9.17, 15) is 14.0 Å². The molecule has 5 heteroatoms. The SMILES string of the molecule is CC(=O)CNC(C)=O.CC[C@@H](C)C1CC1.Cc1ccc(-c2ccccn2)cc1F. The van der Waals surface area contributed by atoms with Crippen LogP contribution in [0.1, 0.15) is 52.5 Å². The Labute approximate surface area is 173 Å². The molecule has 1 aliphatic carbocycles. The third kappa shape index (κ3) is 10.5. The lowest BCUT2D eigenvalue weighted by molar-refractivity contribution is -0.123. The van der Waals surface area contributed by atoms with Crippen molar-refractivity contribution in [2.24, 2.45) is 11.8 Å². The van der Waals surface area contributed by atoms with Crippen molar-refractivity contribution in [3.63, 3.8) is 0 Å². The smallest absolute Gasteiger partial charge is 0.217 e. The maximum atomic E-state index is 13.2. The minimum atomic E-state index is -0.187. The number of aromatic nitrogens is 1. The van der Waals surface area contributed by atoms with Gasteiger partial charge >= 0.3 is 0 Å². The third-order valence-corrected chi connectivity index (χ3v) is 4.79. The number of carbonyl (C=O) groups is 2. The average molecular weight is 401 g/mol. The Kier molecular flexibility index (Phi) is 10.8. The molecule has 3 rings (SSSR count). The minimum Gasteiger partial charge on any atom is -0.349 e. The molecule has 4 nitrogen and oxygen atoms in total. The molecule has 1 N–H and O–H groups in total. The van der Waals surface area contributed by atoms with Gasteiger partial charge in [-0.3, -0.25) is 14.6 Å². The van der Waals surface area contributed by atoms with Gasteiger partial charge in [-0.2, -0.15) is 0 Å². The van der Waals surface area contributed by atoms with Crippen molar-refractivity contribution in [3.05, 3.63) is 54.0 Å². The number of rotatable bonds is 5. The fourth-order valence-electron chi connectivity index (χ4n) is 2.53. The molecule has 1 aliphatic rings. The molecule has 1 saturated carbocycles. The largest absolute Gasteiger partial charge is 0.349 e. The summed E-state index contributed by atoms with van der Waals surface area (Å²) in [5.74, 6) is 1.75. The predicted octanol–water partition coefficient (Wildman–Crippen LogP) is 5.35. The molecule has 29 heavy (non-hydrogen) atoms. The van der Waals surface area contributed by atoms with Crippen LogP contribution < -0.4 is 5.32 Å². The van der Waals surface area contributed by atoms with Crippen LogP contribution in [0.15, 0.2) is 42.6 Å². The van der Waals surface area contributed by atoms with Gasteiger partial charge in [-0.25, -0.2) is 4.39 Å². The molecule has 0 spiro atoms. The predicted molar refractivity (Wildman–Crippen MR) is 116 cm³/mol. The lowest BCUT2D eigenvalue weighted by Gasteiger charge is -2.01. The zero-order valence-electron chi connectivity index (χ0n) is 18.2. The van der Waals surface area contributed by atoms with Gasteiger partial charge in [0.15, 0.2) is 0 Å². The summed E-state index contributed by atoms with van der Waals surface area (Å²) < 4.78 is 13.2. The van der Waals surface area contributed by atoms with Crippen LogP contribution in [0.4, 0.5) is 4.39 Å². The molecule has 2 aromatic rings. The number of benzene rings is 1. The van der Waals surface area contributed by atoms with Crippen LogP contribution in [0.2, 0.25) is 0 Å². The summed E-state index contributed by atoms with van der Waals surface area (Å²) in [6, 6.07) is 10.7. The summed E-state index contributed by atoms with van der Waals surface area (Å²) in [6.45, 7) is 9.34. The number of pyridine rings is 1. The molecule has 0 saturated heterocycles. The van der Waals surface area contributed by atoms with Crippen molar-refractivity contribution < 1.29 is 14.0 Å². The molecule has 1 amide bonds. The highest BCUT2D eigenvalue weighted by Crippen LogP contribution is 2.37. The third-order valence-electron chi connectivity index (χ3n) is 4.79. The molecular weight excluding hydrogens is 367 g/mol. The normalized spacial score (nSPS) is 13.2. The summed E-state index contributed by atoms with van der Waals surface area (Å²) in [5, 5.41) is 2.36. The first kappa shape index (κ1) is 24.5. The van der Waals surface area contributed by atoms with Crippen molar-refractivity contribution in [2.75, 3.05) is 6.54 Å². The second kappa shape index (κ2) is 12.8. The van der Waals surface area contributed by atoms with Gasteiger partial charge < -0.3 is 5.32 Å². The van der Waals surface area contributed by atoms with Gasteiger partial charge in [-0.05, 0) is 62.3 Å². The highest BCUT2D eigenvalue weighted by Gasteiger charge is 2.25. The van der Waals surface area contributed by atoms with E-state index in [-0.39, 0.29) is 24.1 Å². The Bertz CT molecular complexity index is 760. The summed E-state index contributed by atoms with van der Waals surface area (Å²) in [5.41, 5.74) is 2.27. The van der Waals surface area contributed by atoms with Crippen LogP contribution in [0.3, 0.4) is 0 Å². The van der Waals surface area contributed by atoms with Crippen LogP contribution in [0, 0.1) is 24.6 Å². The van der Waals surface area contributed by atoms with Gasteiger partial charge in [0.1, 0.15) is 11.6 Å². The molecule has 0 bridgehead atoms. The molecule has 1 heterocycles. The maximum Gasteiger partial charge on any atom is 0.217 e. The van der Waals surface area contributed by atoms with E-state index < -0.39 is 0 Å². The first-order valence-electron chi connectivity index (χ1n) is 10.2. The highest BCUT2D eigenvalue weighted by atomic mass is 19.1. The standard InChI is InChI=1S/C12H10FN.C7H14.C5H9NO2/c1-9-5-6-10(8-11(9)13)12-4-2-3-7-14-12;1-3-6(2)7-4-5-7;1-4(7)3-6-5(2)8/h2-8H,1H3;6-7H,3-5H2,1-2H3;3H2,1-2H3,(H,6,8)/t;6-;/m.1./s1. The fraction of sp³-hybridized carbons (Fsp3) is 0.458. The molecule has 0 radical (unpaired) electrons. The Balaban J connectivity index is 0.000000239. The van der Waals surface area contributed by atoms with Crippen LogP contribution in [-0.4, -0.2) is 23.2 Å². The second-order valence-electron chi connectivity index (χ2n) is 7.51. The summed E-state index contributed by atoms with van der Waals surface area (Å²) in [4.78, 5) is 24.4. The van der Waals surface area contributed by atoms with Crippen LogP contribution in [-0.2, 0) is 9.59 Å². The Morgan fingerprint density at radius 1 is 1.21 bits per heavy atom. The number of nitrogens with zero attached hydrogens (tertiary/aromatic N) is 1. The van der Waals surface area contributed by atoms with Crippen LogP contribution in [0.25, 0.3) is 11.3 Å². The van der Waals surface area contributed by atoms with Gasteiger partial charge in [0.25, 0.3) is 0 Å². The van der Waals surface area contributed by atoms with E-state index in [1.807, 2.05) is 24.3 Å². The highest BCUT2D eigenvalue weighted by molar-refractivity contribution is 5.83. The number of ketones is 1. The quantitative estimate of drug-likeness (QED) is 0.736. The van der Waals surface area contributed by atoms with Crippen LogP contribution >= 0.6 is 0 Å². The van der Waals surface area contributed by atoms with Gasteiger partial charge in [0.2, 0.25) is 5.91 Å². The zero-order chi connectivity index (χ0) is 21.8. The van der Waals surface area contributed by atoms with Crippen molar-refractivity contribution in [3.8, 4) is 11.3 Å². The number of aryl methyl sites for hydroxylation is 1. The van der Waals surface area contributed by atoms with Crippen molar-refractivity contribution >= 4 is 11.7 Å². The van der Waals surface area contributed by atoms with E-state index in [1.54, 1.807) is 19.2 Å². The fourth-order valence-corrected chi connectivity index (χ4v) is 2.53. The second-order valence-corrected chi connectivity index (χ2v) is 7.51. The van der Waals surface area contributed by atoms with Crippen molar-refractivity contribution in [1.82, 2.24) is 10.3 Å². The Hall–Kier alpha value is -2.56. The van der Waals surface area contributed by atoms with Gasteiger partial charge in [0.05, 0.1) is 12.2 Å². The number of hydrogen-bond donors (Lipinski definition) is 1. The molecule has 1 aromatic heterocycles. The number of nitrogens with one attached hydrogen (secondary N) is 1. The average Bonchev–Trinajstić information content (AvgIpc) is 3.55. The van der Waals surface area contributed by atoms with E-state index in [4.69, 9.17) is 0 Å². The van der Waals surface area contributed by atoms with Crippen molar-refractivity contribution in [1.29, 1.82) is 0 Å². The molecule has 0 aliphatic heterocycles. The lowest BCUT2D eigenvalue weighted by Crippen LogP contribution is -2.25. The Morgan fingerprint density at radius 2 is 1.90 bits per heavy atom. The number of hydrogen-bond acceptors (Lipinski definition) is 3. The van der Waals surface area contributed by atoms with Gasteiger partial charge in [-0.1, -0.05) is 38.5 Å². The van der Waals surface area contributed by atoms with Gasteiger partial charge in [0, 0.05) is 18.7 Å². The number of amides is 1. The maximum absolute atomic E-state index is 13.2. The Morgan fingerprint density at radius 3 is 2.28 bits per heavy atom.